The molecule has 3 N–H and O–H groups in total. The SMILES string of the molecule is COc1cccc(C(=O)N2C[C@@H]3CNC(=O)[C@H](C(C)C)NC(=O)CN(C)C(=O)[C@@H](Cc4ccccc4)NC(=O)[C@@H](C2)O3)c1. The third-order valence-corrected chi connectivity index (χ3v) is 7.49. The summed E-state index contributed by atoms with van der Waals surface area (Å²) < 4.78 is 11.4. The number of methoxy groups -OCH3 is 1. The summed E-state index contributed by atoms with van der Waals surface area (Å²) in [5.41, 5.74) is 1.18. The Labute approximate surface area is 251 Å². The van der Waals surface area contributed by atoms with E-state index >= 15 is 0 Å². The number of hydrogen-bond donors (Lipinski definition) is 3. The predicted octanol–water partition coefficient (Wildman–Crippen LogP) is 0.361. The van der Waals surface area contributed by atoms with E-state index in [9.17, 15) is 24.0 Å². The Morgan fingerprint density at radius 1 is 1.00 bits per heavy atom. The standard InChI is InChI=1S/C31H39N5O7/c1-19(2)27-29(39)32-15-23-16-36(30(40)21-11-8-12-22(14-21)42-4)17-25(43-23)28(38)33-24(13-20-9-6-5-7-10-20)31(41)35(3)18-26(37)34-27/h5-12,14,19,23-25,27H,13,15-18H2,1-4H3,(H,32,39)(H,33,38)(H,34,37)/t23-,24+,25+,27-/m0/s1. The van der Waals surface area contributed by atoms with E-state index in [1.54, 1.807) is 38.1 Å². The number of fused-ring (bicyclic) bond motifs is 2. The van der Waals surface area contributed by atoms with E-state index in [1.807, 2.05) is 30.3 Å². The maximum Gasteiger partial charge on any atom is 0.254 e. The molecule has 2 aromatic rings. The Morgan fingerprint density at radius 2 is 1.74 bits per heavy atom. The highest BCUT2D eigenvalue weighted by molar-refractivity contribution is 5.96. The smallest absolute Gasteiger partial charge is 0.254 e. The Bertz CT molecular complexity index is 1330. The molecule has 43 heavy (non-hydrogen) atoms. The first-order valence-electron chi connectivity index (χ1n) is 14.3. The van der Waals surface area contributed by atoms with Crippen molar-refractivity contribution in [3.8, 4) is 5.75 Å². The van der Waals surface area contributed by atoms with E-state index < -0.39 is 47.9 Å². The van der Waals surface area contributed by atoms with Gasteiger partial charge in [-0.2, -0.15) is 0 Å². The molecule has 2 aromatic carbocycles. The average molecular weight is 594 g/mol. The molecule has 0 aromatic heterocycles. The van der Waals surface area contributed by atoms with Crippen molar-refractivity contribution in [3.63, 3.8) is 0 Å². The molecular weight excluding hydrogens is 554 g/mol. The van der Waals surface area contributed by atoms with Crippen molar-refractivity contribution in [2.75, 3.05) is 40.3 Å². The van der Waals surface area contributed by atoms with Crippen LogP contribution < -0.4 is 20.7 Å². The van der Waals surface area contributed by atoms with E-state index in [1.165, 1.54) is 24.0 Å². The van der Waals surface area contributed by atoms with Crippen LogP contribution in [0.15, 0.2) is 54.6 Å². The van der Waals surface area contributed by atoms with Crippen molar-refractivity contribution >= 4 is 29.5 Å². The van der Waals surface area contributed by atoms with Gasteiger partial charge in [-0.15, -0.1) is 0 Å². The van der Waals surface area contributed by atoms with Gasteiger partial charge in [-0.25, -0.2) is 0 Å². The topological polar surface area (TPSA) is 146 Å². The number of nitrogens with one attached hydrogen (secondary N) is 3. The average Bonchev–Trinajstić information content (AvgIpc) is 3.01. The molecule has 2 bridgehead atoms. The van der Waals surface area contributed by atoms with Gasteiger partial charge in [0.2, 0.25) is 17.7 Å². The number of hydrogen-bond acceptors (Lipinski definition) is 7. The zero-order chi connectivity index (χ0) is 31.1. The van der Waals surface area contributed by atoms with Gasteiger partial charge in [0.15, 0.2) is 6.10 Å². The van der Waals surface area contributed by atoms with Gasteiger partial charge in [0.1, 0.15) is 17.8 Å². The molecule has 2 aliphatic rings. The largest absolute Gasteiger partial charge is 0.497 e. The van der Waals surface area contributed by atoms with Crippen LogP contribution in [0.25, 0.3) is 0 Å². The summed E-state index contributed by atoms with van der Waals surface area (Å²) >= 11 is 0. The number of carbonyl (C=O) groups excluding carboxylic acids is 5. The molecule has 4 atom stereocenters. The second-order valence-corrected chi connectivity index (χ2v) is 11.2. The van der Waals surface area contributed by atoms with Crippen molar-refractivity contribution in [1.82, 2.24) is 25.8 Å². The number of ether oxygens (including phenoxy) is 2. The summed E-state index contributed by atoms with van der Waals surface area (Å²) in [4.78, 5) is 69.6. The molecule has 4 rings (SSSR count). The van der Waals surface area contributed by atoms with Gasteiger partial charge in [-0.05, 0) is 29.7 Å². The van der Waals surface area contributed by atoms with Crippen LogP contribution in [0.4, 0.5) is 0 Å². The molecule has 12 nitrogen and oxygen atoms in total. The molecule has 2 heterocycles. The summed E-state index contributed by atoms with van der Waals surface area (Å²) in [6.45, 7) is 3.33. The first-order valence-corrected chi connectivity index (χ1v) is 14.3. The van der Waals surface area contributed by atoms with Crippen LogP contribution in [0.1, 0.15) is 29.8 Å². The van der Waals surface area contributed by atoms with Gasteiger partial charge in [0, 0.05) is 32.1 Å². The van der Waals surface area contributed by atoms with Crippen molar-refractivity contribution in [2.45, 2.75) is 44.6 Å². The lowest BCUT2D eigenvalue weighted by molar-refractivity contribution is -0.148. The predicted molar refractivity (Wildman–Crippen MR) is 157 cm³/mol. The first kappa shape index (κ1) is 31.5. The fraction of sp³-hybridized carbons (Fsp3) is 0.452. The molecule has 12 heteroatoms. The molecule has 0 radical (unpaired) electrons. The normalized spacial score (nSPS) is 23.9. The minimum Gasteiger partial charge on any atom is -0.497 e. The Morgan fingerprint density at radius 3 is 2.44 bits per heavy atom. The minimum atomic E-state index is -1.12. The van der Waals surface area contributed by atoms with E-state index in [4.69, 9.17) is 9.47 Å². The number of likely N-dealkylation sites (N-methyl/N-ethyl adjacent to an activating group) is 1. The quantitative estimate of drug-likeness (QED) is 0.454. The van der Waals surface area contributed by atoms with Gasteiger partial charge < -0.3 is 35.2 Å². The molecule has 5 amide bonds. The molecule has 2 saturated heterocycles. The number of benzene rings is 2. The fourth-order valence-electron chi connectivity index (χ4n) is 5.15. The van der Waals surface area contributed by atoms with Gasteiger partial charge in [-0.3, -0.25) is 24.0 Å². The Hall–Kier alpha value is -4.45. The molecule has 2 fully saturated rings. The van der Waals surface area contributed by atoms with Crippen LogP contribution in [-0.4, -0.2) is 104 Å². The second kappa shape index (κ2) is 14.1. The second-order valence-electron chi connectivity index (χ2n) is 11.2. The summed E-state index contributed by atoms with van der Waals surface area (Å²) in [5, 5.41) is 8.34. The molecule has 0 aliphatic carbocycles. The lowest BCUT2D eigenvalue weighted by atomic mass is 10.0. The zero-order valence-electron chi connectivity index (χ0n) is 24.9. The highest BCUT2D eigenvalue weighted by Gasteiger charge is 2.38. The number of nitrogens with zero attached hydrogens (tertiary/aromatic N) is 2. The number of morpholine rings is 1. The van der Waals surface area contributed by atoms with Crippen LogP contribution in [0.3, 0.4) is 0 Å². The number of carbonyl (C=O) groups is 5. The highest BCUT2D eigenvalue weighted by Crippen LogP contribution is 2.19. The summed E-state index contributed by atoms with van der Waals surface area (Å²) in [7, 11) is 2.97. The highest BCUT2D eigenvalue weighted by atomic mass is 16.5. The molecule has 0 spiro atoms. The van der Waals surface area contributed by atoms with Crippen LogP contribution in [-0.2, 0) is 30.3 Å². The maximum absolute atomic E-state index is 13.7. The third kappa shape index (κ3) is 8.10. The Balaban J connectivity index is 1.66. The number of amides is 5. The van der Waals surface area contributed by atoms with Gasteiger partial charge in [0.25, 0.3) is 11.8 Å². The van der Waals surface area contributed by atoms with E-state index in [0.29, 0.717) is 11.3 Å². The van der Waals surface area contributed by atoms with Gasteiger partial charge in [-0.1, -0.05) is 50.2 Å². The van der Waals surface area contributed by atoms with Gasteiger partial charge >= 0.3 is 0 Å². The molecule has 0 saturated carbocycles. The summed E-state index contributed by atoms with van der Waals surface area (Å²) in [6.07, 6.45) is -1.68. The van der Waals surface area contributed by atoms with Crippen molar-refractivity contribution in [2.24, 2.45) is 5.92 Å². The van der Waals surface area contributed by atoms with Crippen molar-refractivity contribution in [3.05, 3.63) is 65.7 Å². The number of rotatable bonds is 5. The molecule has 0 unspecified atom stereocenters. The zero-order valence-corrected chi connectivity index (χ0v) is 24.9. The monoisotopic (exact) mass is 593 g/mol. The van der Waals surface area contributed by atoms with E-state index in [0.717, 1.165) is 5.56 Å². The molecule has 2 aliphatic heterocycles. The van der Waals surface area contributed by atoms with Crippen molar-refractivity contribution in [1.29, 1.82) is 0 Å². The van der Waals surface area contributed by atoms with Crippen molar-refractivity contribution < 1.29 is 33.4 Å². The first-order chi connectivity index (χ1) is 20.5. The molecule has 230 valence electrons. The lowest BCUT2D eigenvalue weighted by Gasteiger charge is -2.38. The van der Waals surface area contributed by atoms with Crippen LogP contribution in [0, 0.1) is 5.92 Å². The third-order valence-electron chi connectivity index (χ3n) is 7.49. The fourth-order valence-corrected chi connectivity index (χ4v) is 5.15. The van der Waals surface area contributed by atoms with E-state index in [-0.39, 0.29) is 44.4 Å². The Kier molecular flexibility index (Phi) is 10.4. The van der Waals surface area contributed by atoms with Crippen LogP contribution >= 0.6 is 0 Å². The van der Waals surface area contributed by atoms with E-state index in [2.05, 4.69) is 16.0 Å². The minimum absolute atomic E-state index is 0.00410. The summed E-state index contributed by atoms with van der Waals surface area (Å²) in [6, 6.07) is 14.0. The maximum atomic E-state index is 13.7. The van der Waals surface area contributed by atoms with Gasteiger partial charge in [0.05, 0.1) is 26.3 Å². The lowest BCUT2D eigenvalue weighted by Crippen LogP contribution is -2.59. The molecular formula is C31H39N5O7. The van der Waals surface area contributed by atoms with Crippen LogP contribution in [0.2, 0.25) is 0 Å². The van der Waals surface area contributed by atoms with Crippen LogP contribution in [0.5, 0.6) is 5.75 Å². The summed E-state index contributed by atoms with van der Waals surface area (Å²) in [5.74, 6) is -2.08.